The molecule has 0 heterocycles. The summed E-state index contributed by atoms with van der Waals surface area (Å²) < 4.78 is 5.18. The average Bonchev–Trinajstić information content (AvgIpc) is 2.60. The second-order valence-electron chi connectivity index (χ2n) is 7.09. The molecule has 1 unspecified atom stereocenters. The number of carbonyl (C=O) groups is 1. The Bertz CT molecular complexity index is 864. The Morgan fingerprint density at radius 1 is 0.958 bits per heavy atom. The summed E-state index contributed by atoms with van der Waals surface area (Å²) in [5, 5.41) is 5.06. The van der Waals surface area contributed by atoms with Crippen LogP contribution in [0.25, 0.3) is 21.5 Å². The van der Waals surface area contributed by atoms with Crippen LogP contribution in [0.1, 0.15) is 32.3 Å². The monoisotopic (exact) mass is 320 g/mol. The summed E-state index contributed by atoms with van der Waals surface area (Å²) in [6.07, 6.45) is 2.22. The van der Waals surface area contributed by atoms with E-state index in [1.165, 1.54) is 27.1 Å². The van der Waals surface area contributed by atoms with Crippen molar-refractivity contribution in [3.63, 3.8) is 0 Å². The second kappa shape index (κ2) is 6.74. The lowest BCUT2D eigenvalue weighted by atomic mass is 9.79. The van der Waals surface area contributed by atoms with Gasteiger partial charge in [0.2, 0.25) is 0 Å². The largest absolute Gasteiger partial charge is 0.374 e. The first kappa shape index (κ1) is 16.7. The Hall–Kier alpha value is -2.19. The zero-order valence-corrected chi connectivity index (χ0v) is 14.6. The molecule has 2 heteroatoms. The minimum atomic E-state index is -0.311. The van der Waals surface area contributed by atoms with Crippen LogP contribution >= 0.6 is 0 Å². The van der Waals surface area contributed by atoms with E-state index < -0.39 is 0 Å². The molecule has 124 valence electrons. The predicted octanol–water partition coefficient (Wildman–Crippen LogP) is 5.26. The molecule has 0 amide bonds. The average molecular weight is 320 g/mol. The van der Waals surface area contributed by atoms with Crippen molar-refractivity contribution < 1.29 is 9.53 Å². The van der Waals surface area contributed by atoms with E-state index in [9.17, 15) is 4.79 Å². The van der Waals surface area contributed by atoms with Crippen LogP contribution in [-0.2, 0) is 14.9 Å². The highest BCUT2D eigenvalue weighted by atomic mass is 16.5. The van der Waals surface area contributed by atoms with Gasteiger partial charge >= 0.3 is 0 Å². The zero-order valence-electron chi connectivity index (χ0n) is 14.6. The molecule has 3 aromatic carbocycles. The maximum Gasteiger partial charge on any atom is 0.148 e. The van der Waals surface area contributed by atoms with E-state index in [0.717, 1.165) is 19.1 Å². The molecular weight excluding hydrogens is 296 g/mol. The first-order valence-electron chi connectivity index (χ1n) is 8.44. The number of benzene rings is 3. The van der Waals surface area contributed by atoms with E-state index in [-0.39, 0.29) is 11.5 Å². The van der Waals surface area contributed by atoms with Crippen molar-refractivity contribution in [2.45, 2.75) is 38.2 Å². The molecule has 0 radical (unpaired) electrons. The quantitative estimate of drug-likeness (QED) is 0.457. The lowest BCUT2D eigenvalue weighted by Gasteiger charge is -2.27. The van der Waals surface area contributed by atoms with Gasteiger partial charge in [0.1, 0.15) is 12.4 Å². The minimum Gasteiger partial charge on any atom is -0.374 e. The number of hydrogen-bond acceptors (Lipinski definition) is 2. The van der Waals surface area contributed by atoms with Gasteiger partial charge in [-0.2, -0.15) is 0 Å². The summed E-state index contributed by atoms with van der Waals surface area (Å²) in [5.41, 5.74) is 1.30. The molecule has 24 heavy (non-hydrogen) atoms. The molecule has 3 rings (SSSR count). The molecule has 0 aliphatic carbocycles. The molecule has 1 atom stereocenters. The lowest BCUT2D eigenvalue weighted by molar-refractivity contribution is -0.116. The third-order valence-corrected chi connectivity index (χ3v) is 4.99. The van der Waals surface area contributed by atoms with Gasteiger partial charge in [0.25, 0.3) is 0 Å². The Kier molecular flexibility index (Phi) is 4.68. The SMILES string of the molecule is COC(C=O)CCC(C)(C)c1ccc2cc3ccccc3cc2c1. The van der Waals surface area contributed by atoms with Gasteiger partial charge in [-0.05, 0) is 57.5 Å². The highest BCUT2D eigenvalue weighted by molar-refractivity contribution is 5.98. The van der Waals surface area contributed by atoms with Crippen LogP contribution in [0, 0.1) is 0 Å². The Morgan fingerprint density at radius 3 is 2.21 bits per heavy atom. The molecule has 0 saturated heterocycles. The normalized spacial score (nSPS) is 13.3. The Labute approximate surface area is 143 Å². The third-order valence-electron chi connectivity index (χ3n) is 4.99. The maximum absolute atomic E-state index is 11.0. The Morgan fingerprint density at radius 2 is 1.58 bits per heavy atom. The molecule has 0 N–H and O–H groups in total. The van der Waals surface area contributed by atoms with Gasteiger partial charge < -0.3 is 9.53 Å². The van der Waals surface area contributed by atoms with Crippen LogP contribution in [-0.4, -0.2) is 19.5 Å². The van der Waals surface area contributed by atoms with Crippen molar-refractivity contribution in [1.82, 2.24) is 0 Å². The van der Waals surface area contributed by atoms with E-state index in [4.69, 9.17) is 4.74 Å². The van der Waals surface area contributed by atoms with E-state index in [1.807, 2.05) is 0 Å². The van der Waals surface area contributed by atoms with Crippen molar-refractivity contribution >= 4 is 27.8 Å². The van der Waals surface area contributed by atoms with Gasteiger partial charge in [0, 0.05) is 7.11 Å². The van der Waals surface area contributed by atoms with Crippen LogP contribution in [0.5, 0.6) is 0 Å². The summed E-state index contributed by atoms with van der Waals surface area (Å²) in [7, 11) is 1.59. The van der Waals surface area contributed by atoms with Gasteiger partial charge in [-0.1, -0.05) is 56.3 Å². The van der Waals surface area contributed by atoms with Crippen molar-refractivity contribution in [1.29, 1.82) is 0 Å². The smallest absolute Gasteiger partial charge is 0.148 e. The highest BCUT2D eigenvalue weighted by Gasteiger charge is 2.22. The molecule has 0 aliphatic rings. The van der Waals surface area contributed by atoms with E-state index in [1.54, 1.807) is 7.11 Å². The molecule has 3 aromatic rings. The summed E-state index contributed by atoms with van der Waals surface area (Å²) in [6, 6.07) is 19.6. The minimum absolute atomic E-state index is 0.000372. The fourth-order valence-electron chi connectivity index (χ4n) is 3.25. The van der Waals surface area contributed by atoms with E-state index in [0.29, 0.717) is 0 Å². The van der Waals surface area contributed by atoms with Crippen LogP contribution in [0.2, 0.25) is 0 Å². The van der Waals surface area contributed by atoms with Crippen LogP contribution in [0.15, 0.2) is 54.6 Å². The molecule has 0 spiro atoms. The fourth-order valence-corrected chi connectivity index (χ4v) is 3.25. The standard InChI is InChI=1S/C22H24O2/c1-22(2,11-10-21(15-23)24-3)20-9-8-18-12-16-6-4-5-7-17(16)13-19(18)14-20/h4-9,12-15,21H,10-11H2,1-3H3. The van der Waals surface area contributed by atoms with Gasteiger partial charge in [-0.25, -0.2) is 0 Å². The summed E-state index contributed by atoms with van der Waals surface area (Å²) >= 11 is 0. The van der Waals surface area contributed by atoms with E-state index >= 15 is 0 Å². The first-order chi connectivity index (χ1) is 11.5. The van der Waals surface area contributed by atoms with Crippen LogP contribution in [0.4, 0.5) is 0 Å². The number of methoxy groups -OCH3 is 1. The van der Waals surface area contributed by atoms with Crippen LogP contribution in [0.3, 0.4) is 0 Å². The maximum atomic E-state index is 11.0. The third kappa shape index (κ3) is 3.34. The molecule has 0 aliphatic heterocycles. The van der Waals surface area contributed by atoms with Gasteiger partial charge in [0.15, 0.2) is 0 Å². The molecule has 0 bridgehead atoms. The van der Waals surface area contributed by atoms with E-state index in [2.05, 4.69) is 68.4 Å². The summed E-state index contributed by atoms with van der Waals surface area (Å²) in [6.45, 7) is 4.46. The second-order valence-corrected chi connectivity index (χ2v) is 7.09. The van der Waals surface area contributed by atoms with Crippen molar-refractivity contribution in [3.8, 4) is 0 Å². The predicted molar refractivity (Wildman–Crippen MR) is 101 cm³/mol. The molecular formula is C22H24O2. The number of rotatable bonds is 6. The molecule has 0 aromatic heterocycles. The van der Waals surface area contributed by atoms with Gasteiger partial charge in [-0.15, -0.1) is 0 Å². The number of carbonyl (C=O) groups excluding carboxylic acids is 1. The number of hydrogen-bond donors (Lipinski definition) is 0. The fraction of sp³-hybridized carbons (Fsp3) is 0.318. The molecule has 0 saturated carbocycles. The molecule has 0 fully saturated rings. The summed E-state index contributed by atoms with van der Waals surface area (Å²) in [4.78, 5) is 11.0. The number of fused-ring (bicyclic) bond motifs is 2. The molecule has 2 nitrogen and oxygen atoms in total. The van der Waals surface area contributed by atoms with Crippen molar-refractivity contribution in [3.05, 3.63) is 60.2 Å². The number of aldehydes is 1. The highest BCUT2D eigenvalue weighted by Crippen LogP contribution is 2.32. The van der Waals surface area contributed by atoms with Gasteiger partial charge in [-0.3, -0.25) is 0 Å². The van der Waals surface area contributed by atoms with Gasteiger partial charge in [0.05, 0.1) is 0 Å². The first-order valence-corrected chi connectivity index (χ1v) is 8.44. The Balaban J connectivity index is 1.93. The summed E-state index contributed by atoms with van der Waals surface area (Å²) in [5.74, 6) is 0. The van der Waals surface area contributed by atoms with Crippen molar-refractivity contribution in [2.24, 2.45) is 0 Å². The lowest BCUT2D eigenvalue weighted by Crippen LogP contribution is -2.22. The number of ether oxygens (including phenoxy) is 1. The van der Waals surface area contributed by atoms with Crippen molar-refractivity contribution in [2.75, 3.05) is 7.11 Å². The topological polar surface area (TPSA) is 26.3 Å². The zero-order chi connectivity index (χ0) is 17.2. The van der Waals surface area contributed by atoms with Crippen LogP contribution < -0.4 is 0 Å².